The van der Waals surface area contributed by atoms with E-state index in [-0.39, 0.29) is 35.1 Å². The lowest BCUT2D eigenvalue weighted by molar-refractivity contribution is 0.0590. The monoisotopic (exact) mass is 461 g/mol. The number of hydrogen-bond donors (Lipinski definition) is 2. The number of aromatic nitrogens is 4. The summed E-state index contributed by atoms with van der Waals surface area (Å²) in [4.78, 5) is 58.1. The average molecular weight is 461 g/mol. The van der Waals surface area contributed by atoms with Crippen LogP contribution >= 0.6 is 0 Å². The number of methoxy groups -OCH3 is 1. The molecular weight excluding hydrogens is 442 g/mol. The van der Waals surface area contributed by atoms with E-state index >= 15 is 0 Å². The van der Waals surface area contributed by atoms with Gasteiger partial charge < -0.3 is 20.7 Å². The molecule has 34 heavy (non-hydrogen) atoms. The summed E-state index contributed by atoms with van der Waals surface area (Å²) in [5, 5.41) is 6.71. The minimum atomic E-state index is -0.673. The van der Waals surface area contributed by atoms with Crippen LogP contribution in [-0.2, 0) is 24.2 Å². The van der Waals surface area contributed by atoms with Crippen molar-refractivity contribution in [2.24, 2.45) is 0 Å². The van der Waals surface area contributed by atoms with Crippen LogP contribution in [0.5, 0.6) is 0 Å². The van der Waals surface area contributed by atoms with Gasteiger partial charge in [-0.15, -0.1) is 0 Å². The highest BCUT2D eigenvalue weighted by atomic mass is 16.5. The predicted molar refractivity (Wildman–Crippen MR) is 120 cm³/mol. The maximum absolute atomic E-state index is 12.7. The van der Waals surface area contributed by atoms with Gasteiger partial charge in [-0.2, -0.15) is 14.6 Å². The van der Waals surface area contributed by atoms with Crippen molar-refractivity contribution in [3.8, 4) is 0 Å². The Hall–Kier alpha value is -4.61. The fraction of sp³-hybridized carbons (Fsp3) is 0.227. The van der Waals surface area contributed by atoms with Gasteiger partial charge in [0.25, 0.3) is 22.5 Å². The SMILES string of the molecule is COC(=O)c1cc(C(=O)NCc2ccc3c(c2)CN(c2c(N)c(=O)c2=O)CC3)nc2ncnn12. The van der Waals surface area contributed by atoms with Gasteiger partial charge in [-0.1, -0.05) is 18.2 Å². The van der Waals surface area contributed by atoms with Crippen LogP contribution in [0.25, 0.3) is 5.78 Å². The topological polar surface area (TPSA) is 162 Å². The highest BCUT2D eigenvalue weighted by molar-refractivity contribution is 5.96. The second-order valence-electron chi connectivity index (χ2n) is 7.87. The number of nitrogens with two attached hydrogens (primary N) is 1. The van der Waals surface area contributed by atoms with E-state index in [1.807, 2.05) is 23.1 Å². The molecule has 0 atom stereocenters. The van der Waals surface area contributed by atoms with Crippen molar-refractivity contribution in [1.82, 2.24) is 24.9 Å². The van der Waals surface area contributed by atoms with E-state index in [1.165, 1.54) is 24.0 Å². The third kappa shape index (κ3) is 3.45. The molecule has 1 aliphatic heterocycles. The third-order valence-corrected chi connectivity index (χ3v) is 5.85. The largest absolute Gasteiger partial charge is 0.464 e. The second kappa shape index (κ2) is 8.06. The Labute approximate surface area is 191 Å². The van der Waals surface area contributed by atoms with Crippen molar-refractivity contribution in [3.63, 3.8) is 0 Å². The van der Waals surface area contributed by atoms with Crippen LogP contribution in [0.15, 0.2) is 40.2 Å². The van der Waals surface area contributed by atoms with Crippen molar-refractivity contribution >= 4 is 29.0 Å². The minimum Gasteiger partial charge on any atom is -0.464 e. The summed E-state index contributed by atoms with van der Waals surface area (Å²) in [5.74, 6) is -1.07. The number of hydrogen-bond acceptors (Lipinski definition) is 10. The molecule has 2 aromatic carbocycles. The fourth-order valence-corrected chi connectivity index (χ4v) is 4.07. The van der Waals surface area contributed by atoms with E-state index < -0.39 is 22.7 Å². The first-order valence-corrected chi connectivity index (χ1v) is 10.4. The van der Waals surface area contributed by atoms with E-state index in [0.29, 0.717) is 19.5 Å². The minimum absolute atomic E-state index is 0.000565. The average Bonchev–Trinajstić information content (AvgIpc) is 3.34. The first kappa shape index (κ1) is 21.2. The van der Waals surface area contributed by atoms with Crippen LogP contribution in [-0.4, -0.2) is 45.1 Å². The van der Waals surface area contributed by atoms with Gasteiger partial charge in [0.05, 0.1) is 7.11 Å². The van der Waals surface area contributed by atoms with Crippen LogP contribution < -0.4 is 26.8 Å². The number of rotatable bonds is 5. The van der Waals surface area contributed by atoms with E-state index in [2.05, 4.69) is 20.4 Å². The smallest absolute Gasteiger partial charge is 0.356 e. The molecule has 4 aromatic rings. The number of amides is 1. The van der Waals surface area contributed by atoms with Gasteiger partial charge in [0.1, 0.15) is 23.4 Å². The Morgan fingerprint density at radius 2 is 2.00 bits per heavy atom. The van der Waals surface area contributed by atoms with Gasteiger partial charge in [-0.3, -0.25) is 14.4 Å². The second-order valence-corrected chi connectivity index (χ2v) is 7.87. The number of esters is 1. The Morgan fingerprint density at radius 3 is 2.76 bits per heavy atom. The van der Waals surface area contributed by atoms with Gasteiger partial charge in [0.15, 0.2) is 5.69 Å². The molecule has 12 nitrogen and oxygen atoms in total. The molecule has 0 unspecified atom stereocenters. The molecule has 0 saturated carbocycles. The number of nitrogens with zero attached hydrogens (tertiary/aromatic N) is 5. The van der Waals surface area contributed by atoms with Crippen LogP contribution in [0.1, 0.15) is 37.7 Å². The lowest BCUT2D eigenvalue weighted by Crippen LogP contribution is -2.44. The standard InChI is InChI=1S/C22H19N7O5/c1-34-21(33)15-7-14(27-22-25-10-26-29(15)22)20(32)24-8-11-2-3-12-4-5-28(9-13(12)6-11)17-16(23)18(30)19(17)31/h2-3,6-7,10H,4-5,8-9,23H2,1H3,(H,24,32). The summed E-state index contributed by atoms with van der Waals surface area (Å²) < 4.78 is 5.94. The van der Waals surface area contributed by atoms with Crippen molar-refractivity contribution in [3.05, 3.63) is 79.1 Å². The molecule has 3 heterocycles. The number of nitrogens with one attached hydrogen (secondary N) is 1. The molecule has 0 aliphatic carbocycles. The number of fused-ring (bicyclic) bond motifs is 2. The maximum Gasteiger partial charge on any atom is 0.356 e. The number of ether oxygens (including phenoxy) is 1. The zero-order chi connectivity index (χ0) is 24.0. The molecule has 1 aliphatic rings. The number of benzene rings is 1. The fourth-order valence-electron chi connectivity index (χ4n) is 4.07. The predicted octanol–water partition coefficient (Wildman–Crippen LogP) is -0.418. The molecule has 172 valence electrons. The Morgan fingerprint density at radius 1 is 1.18 bits per heavy atom. The normalized spacial score (nSPS) is 13.1. The van der Waals surface area contributed by atoms with Crippen molar-refractivity contribution < 1.29 is 14.3 Å². The van der Waals surface area contributed by atoms with E-state index in [9.17, 15) is 19.2 Å². The molecule has 0 bridgehead atoms. The number of nitrogen functional groups attached to an aromatic ring is 1. The van der Waals surface area contributed by atoms with Gasteiger partial charge >= 0.3 is 5.97 Å². The number of carbonyl (C=O) groups is 2. The summed E-state index contributed by atoms with van der Waals surface area (Å²) in [5.41, 5.74) is 7.81. The third-order valence-electron chi connectivity index (χ3n) is 5.85. The lowest BCUT2D eigenvalue weighted by Gasteiger charge is -2.32. The molecule has 12 heteroatoms. The maximum atomic E-state index is 12.7. The zero-order valence-corrected chi connectivity index (χ0v) is 18.1. The van der Waals surface area contributed by atoms with Crippen molar-refractivity contribution in [2.45, 2.75) is 19.5 Å². The molecule has 0 saturated heterocycles. The first-order valence-electron chi connectivity index (χ1n) is 10.4. The van der Waals surface area contributed by atoms with E-state index in [1.54, 1.807) is 0 Å². The Balaban J connectivity index is 1.32. The number of carbonyl (C=O) groups excluding carboxylic acids is 2. The van der Waals surface area contributed by atoms with Crippen LogP contribution in [0, 0.1) is 0 Å². The van der Waals surface area contributed by atoms with E-state index in [0.717, 1.165) is 16.7 Å². The van der Waals surface area contributed by atoms with Crippen LogP contribution in [0.2, 0.25) is 0 Å². The van der Waals surface area contributed by atoms with Gasteiger partial charge in [-0.25, -0.2) is 9.78 Å². The lowest BCUT2D eigenvalue weighted by atomic mass is 9.96. The van der Waals surface area contributed by atoms with Gasteiger partial charge in [0, 0.05) is 25.7 Å². The molecule has 0 spiro atoms. The van der Waals surface area contributed by atoms with Gasteiger partial charge in [-0.05, 0) is 23.1 Å². The molecule has 0 fully saturated rings. The van der Waals surface area contributed by atoms with Crippen molar-refractivity contribution in [1.29, 1.82) is 0 Å². The summed E-state index contributed by atoms with van der Waals surface area (Å²) in [7, 11) is 1.23. The highest BCUT2D eigenvalue weighted by Gasteiger charge is 2.27. The first-order chi connectivity index (χ1) is 16.4. The van der Waals surface area contributed by atoms with E-state index in [4.69, 9.17) is 10.5 Å². The molecule has 0 radical (unpaired) electrons. The van der Waals surface area contributed by atoms with Crippen molar-refractivity contribution in [2.75, 3.05) is 24.3 Å². The Bertz CT molecular complexity index is 1530. The zero-order valence-electron chi connectivity index (χ0n) is 18.1. The summed E-state index contributed by atoms with van der Waals surface area (Å²) >= 11 is 0. The molecular formula is C22H19N7O5. The van der Waals surface area contributed by atoms with Gasteiger partial charge in [0.2, 0.25) is 0 Å². The molecule has 5 rings (SSSR count). The van der Waals surface area contributed by atoms with Crippen LogP contribution in [0.3, 0.4) is 0 Å². The summed E-state index contributed by atoms with van der Waals surface area (Å²) in [6, 6.07) is 7.13. The summed E-state index contributed by atoms with van der Waals surface area (Å²) in [6.07, 6.45) is 1.93. The molecule has 3 N–H and O–H groups in total. The van der Waals surface area contributed by atoms with Crippen LogP contribution in [0.4, 0.5) is 11.4 Å². The molecule has 1 amide bonds. The quantitative estimate of drug-likeness (QED) is 0.295. The number of anilines is 2. The highest BCUT2D eigenvalue weighted by Crippen LogP contribution is 2.26. The summed E-state index contributed by atoms with van der Waals surface area (Å²) in [6.45, 7) is 1.25. The molecule has 2 aromatic heterocycles. The Kier molecular flexibility index (Phi) is 5.04.